The van der Waals surface area contributed by atoms with Crippen LogP contribution in [0.1, 0.15) is 36.5 Å². The maximum absolute atomic E-state index is 11.4. The molecule has 0 unspecified atom stereocenters. The highest BCUT2D eigenvalue weighted by Crippen LogP contribution is 2.23. The summed E-state index contributed by atoms with van der Waals surface area (Å²) in [5.74, 6) is 1.26. The molecule has 0 aliphatic carbocycles. The average Bonchev–Trinajstić information content (AvgIpc) is 2.76. The van der Waals surface area contributed by atoms with Crippen molar-refractivity contribution in [3.63, 3.8) is 0 Å². The monoisotopic (exact) mass is 387 g/mol. The third-order valence-corrected chi connectivity index (χ3v) is 5.06. The lowest BCUT2D eigenvalue weighted by molar-refractivity contribution is 0.101. The fraction of sp³-hybridized carbons (Fsp3) is 0.261. The molecule has 0 spiro atoms. The van der Waals surface area contributed by atoms with Gasteiger partial charge in [-0.05, 0) is 80.8 Å². The highest BCUT2D eigenvalue weighted by Gasteiger charge is 2.10. The highest BCUT2D eigenvalue weighted by molar-refractivity contribution is 5.94. The SMILES string of the molecule is CC(=O)c1ccc(Nc2ccnc(Nc3ccc(N4CCCCC4)cc3)n2)cc1. The van der Waals surface area contributed by atoms with Crippen molar-refractivity contribution in [1.82, 2.24) is 9.97 Å². The van der Waals surface area contributed by atoms with Crippen molar-refractivity contribution in [2.45, 2.75) is 26.2 Å². The van der Waals surface area contributed by atoms with Gasteiger partial charge in [-0.3, -0.25) is 4.79 Å². The van der Waals surface area contributed by atoms with Crippen LogP contribution in [-0.2, 0) is 0 Å². The molecular formula is C23H25N5O. The van der Waals surface area contributed by atoms with Gasteiger partial charge in [0.05, 0.1) is 0 Å². The Bertz CT molecular complexity index is 963. The van der Waals surface area contributed by atoms with E-state index in [2.05, 4.69) is 49.8 Å². The van der Waals surface area contributed by atoms with Crippen LogP contribution in [0, 0.1) is 0 Å². The number of anilines is 5. The number of hydrogen-bond acceptors (Lipinski definition) is 6. The van der Waals surface area contributed by atoms with E-state index in [0.29, 0.717) is 17.3 Å². The molecule has 6 heteroatoms. The Morgan fingerprint density at radius 2 is 1.52 bits per heavy atom. The van der Waals surface area contributed by atoms with E-state index in [-0.39, 0.29) is 5.78 Å². The summed E-state index contributed by atoms with van der Waals surface area (Å²) in [6.07, 6.45) is 5.58. The first-order valence-electron chi connectivity index (χ1n) is 10.0. The van der Waals surface area contributed by atoms with Gasteiger partial charge >= 0.3 is 0 Å². The Kier molecular flexibility index (Phi) is 5.70. The normalized spacial score (nSPS) is 13.8. The van der Waals surface area contributed by atoms with Crippen LogP contribution in [0.4, 0.5) is 28.8 Å². The zero-order valence-corrected chi connectivity index (χ0v) is 16.6. The maximum atomic E-state index is 11.4. The summed E-state index contributed by atoms with van der Waals surface area (Å²) in [7, 11) is 0. The van der Waals surface area contributed by atoms with E-state index in [1.807, 2.05) is 18.2 Å². The Morgan fingerprint density at radius 1 is 0.862 bits per heavy atom. The molecule has 3 aromatic rings. The third kappa shape index (κ3) is 4.90. The standard InChI is InChI=1S/C23H25N5O/c1-17(29)18-5-7-19(8-6-18)25-22-13-14-24-23(27-22)26-20-9-11-21(12-10-20)28-15-3-2-4-16-28/h5-14H,2-4,15-16H2,1H3,(H2,24,25,26,27). The lowest BCUT2D eigenvalue weighted by Crippen LogP contribution is -2.29. The van der Waals surface area contributed by atoms with E-state index >= 15 is 0 Å². The Balaban J connectivity index is 1.41. The minimum atomic E-state index is 0.0522. The number of carbonyl (C=O) groups is 1. The number of aromatic nitrogens is 2. The maximum Gasteiger partial charge on any atom is 0.229 e. The van der Waals surface area contributed by atoms with E-state index in [0.717, 1.165) is 24.5 Å². The number of piperidine rings is 1. The van der Waals surface area contributed by atoms with E-state index in [9.17, 15) is 4.79 Å². The topological polar surface area (TPSA) is 70.2 Å². The van der Waals surface area contributed by atoms with Gasteiger partial charge in [0.1, 0.15) is 5.82 Å². The average molecular weight is 387 g/mol. The smallest absolute Gasteiger partial charge is 0.229 e. The predicted octanol–water partition coefficient (Wildman–Crippen LogP) is 5.16. The van der Waals surface area contributed by atoms with Crippen LogP contribution in [0.25, 0.3) is 0 Å². The second kappa shape index (κ2) is 8.73. The van der Waals surface area contributed by atoms with Gasteiger partial charge < -0.3 is 15.5 Å². The first-order chi connectivity index (χ1) is 14.2. The molecule has 148 valence electrons. The fourth-order valence-electron chi connectivity index (χ4n) is 3.46. The summed E-state index contributed by atoms with van der Waals surface area (Å²) < 4.78 is 0. The quantitative estimate of drug-likeness (QED) is 0.570. The van der Waals surface area contributed by atoms with Crippen molar-refractivity contribution < 1.29 is 4.79 Å². The number of Topliss-reactive ketones (excluding diaryl/α,β-unsaturated/α-hetero) is 1. The summed E-state index contributed by atoms with van der Waals surface area (Å²) in [5, 5.41) is 6.50. The second-order valence-corrected chi connectivity index (χ2v) is 7.24. The van der Waals surface area contributed by atoms with Gasteiger partial charge in [0.2, 0.25) is 5.95 Å². The molecule has 4 rings (SSSR count). The van der Waals surface area contributed by atoms with Crippen LogP contribution in [-0.4, -0.2) is 28.8 Å². The number of nitrogens with zero attached hydrogens (tertiary/aromatic N) is 3. The molecule has 1 aliphatic heterocycles. The molecule has 6 nitrogen and oxygen atoms in total. The van der Waals surface area contributed by atoms with Crippen LogP contribution >= 0.6 is 0 Å². The summed E-state index contributed by atoms with van der Waals surface area (Å²) >= 11 is 0. The molecule has 0 saturated carbocycles. The largest absolute Gasteiger partial charge is 0.372 e. The lowest BCUT2D eigenvalue weighted by atomic mass is 10.1. The summed E-state index contributed by atoms with van der Waals surface area (Å²) in [6.45, 7) is 3.83. The van der Waals surface area contributed by atoms with Crippen molar-refractivity contribution in [3.05, 3.63) is 66.4 Å². The van der Waals surface area contributed by atoms with Gasteiger partial charge in [-0.2, -0.15) is 4.98 Å². The molecule has 2 aromatic carbocycles. The van der Waals surface area contributed by atoms with Crippen molar-refractivity contribution >= 4 is 34.6 Å². The van der Waals surface area contributed by atoms with Gasteiger partial charge in [-0.25, -0.2) is 4.98 Å². The Morgan fingerprint density at radius 3 is 2.21 bits per heavy atom. The van der Waals surface area contributed by atoms with Crippen molar-refractivity contribution in [3.8, 4) is 0 Å². The summed E-state index contributed by atoms with van der Waals surface area (Å²) in [4.78, 5) is 22.7. The zero-order valence-electron chi connectivity index (χ0n) is 16.6. The number of nitrogens with one attached hydrogen (secondary N) is 2. The molecule has 29 heavy (non-hydrogen) atoms. The number of hydrogen-bond donors (Lipinski definition) is 2. The van der Waals surface area contributed by atoms with Crippen LogP contribution < -0.4 is 15.5 Å². The highest BCUT2D eigenvalue weighted by atomic mass is 16.1. The van der Waals surface area contributed by atoms with Gasteiger partial charge in [0.25, 0.3) is 0 Å². The van der Waals surface area contributed by atoms with Gasteiger partial charge in [0.15, 0.2) is 5.78 Å². The fourth-order valence-corrected chi connectivity index (χ4v) is 3.46. The predicted molar refractivity (Wildman–Crippen MR) is 118 cm³/mol. The number of carbonyl (C=O) groups excluding carboxylic acids is 1. The van der Waals surface area contributed by atoms with E-state index in [1.54, 1.807) is 25.3 Å². The molecule has 2 N–H and O–H groups in total. The molecule has 1 fully saturated rings. The molecular weight excluding hydrogens is 362 g/mol. The van der Waals surface area contributed by atoms with Crippen LogP contribution in [0.2, 0.25) is 0 Å². The number of benzene rings is 2. The van der Waals surface area contributed by atoms with Crippen molar-refractivity contribution in [2.75, 3.05) is 28.6 Å². The molecule has 0 radical (unpaired) electrons. The number of rotatable bonds is 6. The molecule has 1 saturated heterocycles. The van der Waals surface area contributed by atoms with Crippen molar-refractivity contribution in [1.29, 1.82) is 0 Å². The van der Waals surface area contributed by atoms with Gasteiger partial charge in [-0.1, -0.05) is 0 Å². The van der Waals surface area contributed by atoms with Crippen LogP contribution in [0.5, 0.6) is 0 Å². The van der Waals surface area contributed by atoms with Gasteiger partial charge in [0, 0.05) is 41.9 Å². The zero-order chi connectivity index (χ0) is 20.1. The molecule has 1 aliphatic rings. The summed E-state index contributed by atoms with van der Waals surface area (Å²) in [5.41, 5.74) is 3.77. The first-order valence-corrected chi connectivity index (χ1v) is 10.0. The van der Waals surface area contributed by atoms with Crippen LogP contribution in [0.15, 0.2) is 60.8 Å². The van der Waals surface area contributed by atoms with E-state index in [1.165, 1.54) is 24.9 Å². The molecule has 2 heterocycles. The molecule has 0 bridgehead atoms. The second-order valence-electron chi connectivity index (χ2n) is 7.24. The minimum Gasteiger partial charge on any atom is -0.372 e. The third-order valence-electron chi connectivity index (χ3n) is 5.06. The van der Waals surface area contributed by atoms with Crippen LogP contribution in [0.3, 0.4) is 0 Å². The summed E-state index contributed by atoms with van der Waals surface area (Å²) in [6, 6.07) is 17.6. The molecule has 0 amide bonds. The molecule has 0 atom stereocenters. The first kappa shape index (κ1) is 18.9. The minimum absolute atomic E-state index is 0.0522. The van der Waals surface area contributed by atoms with Crippen molar-refractivity contribution in [2.24, 2.45) is 0 Å². The molecule has 1 aromatic heterocycles. The number of ketones is 1. The van der Waals surface area contributed by atoms with E-state index < -0.39 is 0 Å². The Labute approximate surface area is 171 Å². The Hall–Kier alpha value is -3.41. The lowest BCUT2D eigenvalue weighted by Gasteiger charge is -2.28. The van der Waals surface area contributed by atoms with Gasteiger partial charge in [-0.15, -0.1) is 0 Å². The van der Waals surface area contributed by atoms with E-state index in [4.69, 9.17) is 0 Å².